The number of aromatic nitrogens is 2. The Morgan fingerprint density at radius 2 is 2.03 bits per heavy atom. The van der Waals surface area contributed by atoms with Gasteiger partial charge in [0.05, 0.1) is 17.8 Å². The first-order chi connectivity index (χ1) is 15.1. The van der Waals surface area contributed by atoms with E-state index in [0.717, 1.165) is 12.8 Å². The number of hydrogen-bond donors (Lipinski definition) is 1. The maximum atomic E-state index is 13.4. The summed E-state index contributed by atoms with van der Waals surface area (Å²) in [5.74, 6) is 0.148. The Labute approximate surface area is 192 Å². The van der Waals surface area contributed by atoms with Crippen LogP contribution in [0.25, 0.3) is 10.2 Å². The second-order valence-corrected chi connectivity index (χ2v) is 11.6. The predicted molar refractivity (Wildman–Crippen MR) is 124 cm³/mol. The van der Waals surface area contributed by atoms with E-state index in [1.165, 1.54) is 26.5 Å². The number of nitrogens with zero attached hydrogens (tertiary/aromatic N) is 3. The monoisotopic (exact) mass is 484 g/mol. The third-order valence-corrected chi connectivity index (χ3v) is 8.76. The van der Waals surface area contributed by atoms with Gasteiger partial charge in [-0.25, -0.2) is 13.4 Å². The first-order valence-electron chi connectivity index (χ1n) is 11.0. The molecule has 2 aromatic rings. The molecule has 0 radical (unpaired) electrons. The van der Waals surface area contributed by atoms with E-state index in [1.807, 2.05) is 13.8 Å². The van der Waals surface area contributed by atoms with Crippen molar-refractivity contribution >= 4 is 37.5 Å². The number of aryl methyl sites for hydroxylation is 1. The summed E-state index contributed by atoms with van der Waals surface area (Å²) in [7, 11) is -3.82. The van der Waals surface area contributed by atoms with Gasteiger partial charge in [-0.15, -0.1) is 11.3 Å². The zero-order valence-electron chi connectivity index (χ0n) is 19.1. The Hall–Kier alpha value is -1.82. The van der Waals surface area contributed by atoms with Crippen LogP contribution in [0.2, 0.25) is 0 Å². The molecule has 0 aliphatic carbocycles. The maximum Gasteiger partial charge on any atom is 0.263 e. The lowest BCUT2D eigenvalue weighted by atomic mass is 10.0. The molecule has 3 heterocycles. The maximum absolute atomic E-state index is 13.4. The van der Waals surface area contributed by atoms with Crippen LogP contribution >= 0.6 is 11.3 Å². The van der Waals surface area contributed by atoms with E-state index in [9.17, 15) is 18.0 Å². The highest BCUT2D eigenvalue weighted by Gasteiger charge is 2.33. The highest BCUT2D eigenvalue weighted by Crippen LogP contribution is 2.34. The van der Waals surface area contributed by atoms with Crippen LogP contribution in [-0.4, -0.2) is 60.5 Å². The number of carbonyl (C=O) groups is 1. The molecular formula is C21H32N4O5S2. The summed E-state index contributed by atoms with van der Waals surface area (Å²) in [4.78, 5) is 30.7. The lowest BCUT2D eigenvalue weighted by molar-refractivity contribution is -0.121. The van der Waals surface area contributed by atoms with Crippen LogP contribution < -0.4 is 10.9 Å². The number of thiophene rings is 1. The van der Waals surface area contributed by atoms with E-state index < -0.39 is 15.6 Å². The highest BCUT2D eigenvalue weighted by molar-refractivity contribution is 7.89. The third-order valence-electron chi connectivity index (χ3n) is 5.55. The molecular weight excluding hydrogens is 452 g/mol. The fourth-order valence-electron chi connectivity index (χ4n) is 3.72. The van der Waals surface area contributed by atoms with Gasteiger partial charge in [-0.3, -0.25) is 14.2 Å². The molecule has 0 saturated carbocycles. The molecule has 11 heteroatoms. The summed E-state index contributed by atoms with van der Waals surface area (Å²) in [5, 5.41) is 2.83. The van der Waals surface area contributed by atoms with E-state index in [0.29, 0.717) is 48.3 Å². The molecule has 178 valence electrons. The number of fused-ring (bicyclic) bond motifs is 1. The Kier molecular flexibility index (Phi) is 8.07. The van der Waals surface area contributed by atoms with Gasteiger partial charge in [0.2, 0.25) is 15.9 Å². The fourth-order valence-corrected chi connectivity index (χ4v) is 6.86. The van der Waals surface area contributed by atoms with Gasteiger partial charge in [-0.05, 0) is 46.0 Å². The number of sulfonamides is 1. The molecule has 1 N–H and O–H groups in total. The largest absolute Gasteiger partial charge is 0.379 e. The molecule has 3 rings (SSSR count). The van der Waals surface area contributed by atoms with Gasteiger partial charge in [-0.1, -0.05) is 6.92 Å². The van der Waals surface area contributed by atoms with Gasteiger partial charge in [0.1, 0.15) is 16.3 Å². The predicted octanol–water partition coefficient (Wildman–Crippen LogP) is 2.12. The second-order valence-electron chi connectivity index (χ2n) is 8.55. The average molecular weight is 485 g/mol. The zero-order valence-corrected chi connectivity index (χ0v) is 20.7. The molecule has 0 aromatic carbocycles. The Morgan fingerprint density at radius 3 is 2.69 bits per heavy atom. The standard InChI is InChI=1S/C21H32N4O5S2/c1-14(2)30-11-5-8-22-17(26)12-24-13-23-20-18(21(24)27)19(16(4)31-20)32(28,29)25-9-6-15(3)7-10-25/h13-15H,5-12H2,1-4H3,(H,22,26). The molecule has 0 unspecified atom stereocenters. The summed E-state index contributed by atoms with van der Waals surface area (Å²) < 4.78 is 34.9. The van der Waals surface area contributed by atoms with Gasteiger partial charge in [-0.2, -0.15) is 4.31 Å². The van der Waals surface area contributed by atoms with Crippen LogP contribution in [0.5, 0.6) is 0 Å². The smallest absolute Gasteiger partial charge is 0.263 e. The van der Waals surface area contributed by atoms with Gasteiger partial charge in [0.25, 0.3) is 5.56 Å². The first-order valence-corrected chi connectivity index (χ1v) is 13.2. The molecule has 0 spiro atoms. The van der Waals surface area contributed by atoms with Gasteiger partial charge in [0, 0.05) is 31.1 Å². The van der Waals surface area contributed by atoms with Gasteiger partial charge >= 0.3 is 0 Å². The van der Waals surface area contributed by atoms with Crippen LogP contribution in [0.4, 0.5) is 0 Å². The van der Waals surface area contributed by atoms with Crippen molar-refractivity contribution in [2.45, 2.75) is 64.5 Å². The topological polar surface area (TPSA) is 111 Å². The van der Waals surface area contributed by atoms with E-state index in [-0.39, 0.29) is 28.8 Å². The van der Waals surface area contributed by atoms with Crippen molar-refractivity contribution in [3.63, 3.8) is 0 Å². The van der Waals surface area contributed by atoms with Crippen molar-refractivity contribution in [2.24, 2.45) is 5.92 Å². The van der Waals surface area contributed by atoms with E-state index >= 15 is 0 Å². The van der Waals surface area contributed by atoms with Crippen molar-refractivity contribution in [1.82, 2.24) is 19.2 Å². The van der Waals surface area contributed by atoms with Crippen LogP contribution in [0.15, 0.2) is 16.0 Å². The van der Waals surface area contributed by atoms with Crippen molar-refractivity contribution in [1.29, 1.82) is 0 Å². The van der Waals surface area contributed by atoms with E-state index in [1.54, 1.807) is 6.92 Å². The van der Waals surface area contributed by atoms with Crippen molar-refractivity contribution < 1.29 is 17.9 Å². The average Bonchev–Trinajstić information content (AvgIpc) is 3.07. The Morgan fingerprint density at radius 1 is 1.34 bits per heavy atom. The second kappa shape index (κ2) is 10.4. The van der Waals surface area contributed by atoms with Crippen molar-refractivity contribution in [3.05, 3.63) is 21.6 Å². The number of amides is 1. The molecule has 0 bridgehead atoms. The molecule has 1 aliphatic rings. The summed E-state index contributed by atoms with van der Waals surface area (Å²) >= 11 is 1.19. The number of nitrogens with one attached hydrogen (secondary N) is 1. The summed E-state index contributed by atoms with van der Waals surface area (Å²) in [6, 6.07) is 0. The van der Waals surface area contributed by atoms with Crippen LogP contribution in [-0.2, 0) is 26.1 Å². The number of ether oxygens (including phenoxy) is 1. The SMILES string of the molecule is Cc1sc2ncn(CC(=O)NCCCOC(C)C)c(=O)c2c1S(=O)(=O)N1CCC(C)CC1. The molecule has 1 fully saturated rings. The third kappa shape index (κ3) is 5.56. The lowest BCUT2D eigenvalue weighted by Gasteiger charge is -2.29. The molecule has 32 heavy (non-hydrogen) atoms. The Bertz CT molecular complexity index is 1120. The minimum absolute atomic E-state index is 0.0325. The summed E-state index contributed by atoms with van der Waals surface area (Å²) in [6.07, 6.45) is 3.70. The zero-order chi connectivity index (χ0) is 23.5. The molecule has 1 aliphatic heterocycles. The van der Waals surface area contributed by atoms with Crippen LogP contribution in [0.3, 0.4) is 0 Å². The Balaban J connectivity index is 1.81. The summed E-state index contributed by atoms with van der Waals surface area (Å²) in [5.41, 5.74) is -0.512. The molecule has 0 atom stereocenters. The molecule has 1 amide bonds. The quantitative estimate of drug-likeness (QED) is 0.546. The molecule has 2 aromatic heterocycles. The highest BCUT2D eigenvalue weighted by atomic mass is 32.2. The first kappa shape index (κ1) is 24.8. The van der Waals surface area contributed by atoms with Crippen molar-refractivity contribution in [3.8, 4) is 0 Å². The van der Waals surface area contributed by atoms with Gasteiger partial charge < -0.3 is 10.1 Å². The summed E-state index contributed by atoms with van der Waals surface area (Å²) in [6.45, 7) is 9.33. The van der Waals surface area contributed by atoms with E-state index in [2.05, 4.69) is 17.2 Å². The van der Waals surface area contributed by atoms with Crippen molar-refractivity contribution in [2.75, 3.05) is 26.2 Å². The fraction of sp³-hybridized carbons (Fsp3) is 0.667. The van der Waals surface area contributed by atoms with Crippen LogP contribution in [0, 0.1) is 12.8 Å². The number of carbonyl (C=O) groups excluding carboxylic acids is 1. The number of rotatable bonds is 9. The van der Waals surface area contributed by atoms with Crippen LogP contribution in [0.1, 0.15) is 44.9 Å². The molecule has 9 nitrogen and oxygen atoms in total. The van der Waals surface area contributed by atoms with Gasteiger partial charge in [0.15, 0.2) is 0 Å². The minimum Gasteiger partial charge on any atom is -0.379 e. The number of piperidine rings is 1. The molecule has 1 saturated heterocycles. The lowest BCUT2D eigenvalue weighted by Crippen LogP contribution is -2.38. The number of hydrogen-bond acceptors (Lipinski definition) is 7. The van der Waals surface area contributed by atoms with E-state index in [4.69, 9.17) is 4.74 Å². The minimum atomic E-state index is -3.82. The normalized spacial score (nSPS) is 16.2.